The van der Waals surface area contributed by atoms with Gasteiger partial charge in [0.25, 0.3) is 0 Å². The molecule has 0 spiro atoms. The molecular formula is C20H28N2O3. The zero-order valence-electron chi connectivity index (χ0n) is 14.7. The number of aliphatic hydroxyl groups excluding tert-OH is 1. The molecule has 1 saturated heterocycles. The van der Waals surface area contributed by atoms with Crippen LogP contribution in [0.4, 0.5) is 0 Å². The zero-order valence-corrected chi connectivity index (χ0v) is 14.7. The number of hydrogen-bond donors (Lipinski definition) is 2. The lowest BCUT2D eigenvalue weighted by atomic mass is 9.87. The van der Waals surface area contributed by atoms with Gasteiger partial charge in [-0.1, -0.05) is 36.8 Å². The Labute approximate surface area is 149 Å². The highest BCUT2D eigenvalue weighted by Gasteiger charge is 2.34. The van der Waals surface area contributed by atoms with Crippen LogP contribution in [0, 0.1) is 5.92 Å². The number of amides is 2. The predicted octanol–water partition coefficient (Wildman–Crippen LogP) is 1.89. The molecule has 0 bridgehead atoms. The third kappa shape index (κ3) is 4.82. The van der Waals surface area contributed by atoms with E-state index in [9.17, 15) is 14.7 Å². The van der Waals surface area contributed by atoms with Crippen molar-refractivity contribution in [2.75, 3.05) is 13.1 Å². The van der Waals surface area contributed by atoms with E-state index < -0.39 is 0 Å². The standard InChI is InChI=1S/C20H28N2O3/c23-17-9-4-8-16(12-17)14-21-20(25)18-10-5-11-22(18)19(24)13-15-6-2-1-3-7-15/h1-3,6-7,16-18,23H,4-5,8-14H2,(H,21,25). The van der Waals surface area contributed by atoms with Crippen LogP contribution in [0.1, 0.15) is 44.1 Å². The Morgan fingerprint density at radius 1 is 1.12 bits per heavy atom. The van der Waals surface area contributed by atoms with Crippen molar-refractivity contribution in [3.05, 3.63) is 35.9 Å². The second-order valence-corrected chi connectivity index (χ2v) is 7.34. The van der Waals surface area contributed by atoms with Gasteiger partial charge in [0.1, 0.15) is 6.04 Å². The van der Waals surface area contributed by atoms with Gasteiger partial charge in [-0.2, -0.15) is 0 Å². The fourth-order valence-electron chi connectivity index (χ4n) is 4.02. The molecule has 1 aromatic carbocycles. The van der Waals surface area contributed by atoms with E-state index in [0.717, 1.165) is 44.1 Å². The Hall–Kier alpha value is -1.88. The molecule has 1 saturated carbocycles. The first-order chi connectivity index (χ1) is 12.1. The van der Waals surface area contributed by atoms with Crippen LogP contribution in [-0.4, -0.2) is 47.1 Å². The summed E-state index contributed by atoms with van der Waals surface area (Å²) in [6.07, 6.45) is 5.44. The molecule has 1 heterocycles. The monoisotopic (exact) mass is 344 g/mol. The second kappa shape index (κ2) is 8.48. The van der Waals surface area contributed by atoms with Gasteiger partial charge in [-0.25, -0.2) is 0 Å². The Bertz CT molecular complexity index is 590. The second-order valence-electron chi connectivity index (χ2n) is 7.34. The quantitative estimate of drug-likeness (QED) is 0.857. The third-order valence-corrected chi connectivity index (χ3v) is 5.39. The molecule has 136 valence electrons. The molecule has 2 aliphatic rings. The van der Waals surface area contributed by atoms with E-state index in [1.165, 1.54) is 0 Å². The molecular weight excluding hydrogens is 316 g/mol. The van der Waals surface area contributed by atoms with Gasteiger partial charge >= 0.3 is 0 Å². The van der Waals surface area contributed by atoms with Gasteiger partial charge in [0, 0.05) is 13.1 Å². The van der Waals surface area contributed by atoms with E-state index in [1.54, 1.807) is 4.90 Å². The Morgan fingerprint density at radius 3 is 2.68 bits per heavy atom. The van der Waals surface area contributed by atoms with Gasteiger partial charge in [-0.3, -0.25) is 9.59 Å². The molecule has 2 fully saturated rings. The van der Waals surface area contributed by atoms with E-state index in [1.807, 2.05) is 30.3 Å². The summed E-state index contributed by atoms with van der Waals surface area (Å²) in [5.41, 5.74) is 0.981. The molecule has 1 aromatic rings. The Balaban J connectivity index is 1.51. The van der Waals surface area contributed by atoms with Crippen LogP contribution >= 0.6 is 0 Å². The first kappa shape index (κ1) is 17.9. The van der Waals surface area contributed by atoms with Crippen molar-refractivity contribution in [3.63, 3.8) is 0 Å². The van der Waals surface area contributed by atoms with Crippen molar-refractivity contribution in [1.82, 2.24) is 10.2 Å². The van der Waals surface area contributed by atoms with E-state index in [4.69, 9.17) is 0 Å². The summed E-state index contributed by atoms with van der Waals surface area (Å²) in [7, 11) is 0. The number of aliphatic hydroxyl groups is 1. The van der Waals surface area contributed by atoms with Gasteiger partial charge in [-0.15, -0.1) is 0 Å². The van der Waals surface area contributed by atoms with Crippen LogP contribution in [0.3, 0.4) is 0 Å². The van der Waals surface area contributed by atoms with Crippen LogP contribution in [-0.2, 0) is 16.0 Å². The summed E-state index contributed by atoms with van der Waals surface area (Å²) in [6, 6.07) is 9.33. The highest BCUT2D eigenvalue weighted by Crippen LogP contribution is 2.24. The van der Waals surface area contributed by atoms with Crippen molar-refractivity contribution in [1.29, 1.82) is 0 Å². The van der Waals surface area contributed by atoms with Crippen molar-refractivity contribution in [2.24, 2.45) is 5.92 Å². The molecule has 1 aliphatic carbocycles. The average molecular weight is 344 g/mol. The highest BCUT2D eigenvalue weighted by molar-refractivity contribution is 5.89. The number of nitrogens with zero attached hydrogens (tertiary/aromatic N) is 1. The first-order valence-corrected chi connectivity index (χ1v) is 9.42. The van der Waals surface area contributed by atoms with Gasteiger partial charge in [0.2, 0.25) is 11.8 Å². The summed E-state index contributed by atoms with van der Waals surface area (Å²) in [4.78, 5) is 26.9. The van der Waals surface area contributed by atoms with Crippen molar-refractivity contribution in [2.45, 2.75) is 57.1 Å². The Morgan fingerprint density at radius 2 is 1.92 bits per heavy atom. The molecule has 25 heavy (non-hydrogen) atoms. The summed E-state index contributed by atoms with van der Waals surface area (Å²) in [6.45, 7) is 1.26. The lowest BCUT2D eigenvalue weighted by Gasteiger charge is -2.28. The SMILES string of the molecule is O=C(NCC1CCCC(O)C1)C1CCCN1C(=O)Cc1ccccc1. The first-order valence-electron chi connectivity index (χ1n) is 9.42. The number of rotatable bonds is 5. The van der Waals surface area contributed by atoms with Crippen LogP contribution in [0.5, 0.6) is 0 Å². The third-order valence-electron chi connectivity index (χ3n) is 5.39. The van der Waals surface area contributed by atoms with E-state index in [-0.39, 0.29) is 24.0 Å². The maximum Gasteiger partial charge on any atom is 0.242 e. The molecule has 2 amide bonds. The molecule has 5 heteroatoms. The molecule has 3 unspecified atom stereocenters. The van der Waals surface area contributed by atoms with Gasteiger partial charge in [0.05, 0.1) is 12.5 Å². The number of hydrogen-bond acceptors (Lipinski definition) is 3. The molecule has 3 rings (SSSR count). The minimum absolute atomic E-state index is 0.0249. The van der Waals surface area contributed by atoms with E-state index in [0.29, 0.717) is 25.4 Å². The molecule has 2 N–H and O–H groups in total. The lowest BCUT2D eigenvalue weighted by molar-refractivity contribution is -0.138. The predicted molar refractivity (Wildman–Crippen MR) is 95.9 cm³/mol. The summed E-state index contributed by atoms with van der Waals surface area (Å²) in [5, 5.41) is 12.8. The fraction of sp³-hybridized carbons (Fsp3) is 0.600. The van der Waals surface area contributed by atoms with Crippen molar-refractivity contribution < 1.29 is 14.7 Å². The maximum absolute atomic E-state index is 12.6. The Kier molecular flexibility index (Phi) is 6.08. The zero-order chi connectivity index (χ0) is 17.6. The number of carbonyl (C=O) groups excluding carboxylic acids is 2. The van der Waals surface area contributed by atoms with Crippen LogP contribution in [0.15, 0.2) is 30.3 Å². The highest BCUT2D eigenvalue weighted by atomic mass is 16.3. The van der Waals surface area contributed by atoms with Crippen LogP contribution in [0.25, 0.3) is 0 Å². The minimum atomic E-state index is -0.343. The smallest absolute Gasteiger partial charge is 0.242 e. The normalized spacial score (nSPS) is 26.4. The number of likely N-dealkylation sites (tertiary alicyclic amines) is 1. The lowest BCUT2D eigenvalue weighted by Crippen LogP contribution is -2.47. The van der Waals surface area contributed by atoms with Gasteiger partial charge < -0.3 is 15.3 Å². The molecule has 5 nitrogen and oxygen atoms in total. The minimum Gasteiger partial charge on any atom is -0.393 e. The van der Waals surface area contributed by atoms with E-state index in [2.05, 4.69) is 5.32 Å². The molecule has 0 aromatic heterocycles. The van der Waals surface area contributed by atoms with Crippen molar-refractivity contribution >= 4 is 11.8 Å². The van der Waals surface area contributed by atoms with Crippen LogP contribution in [0.2, 0.25) is 0 Å². The molecule has 0 radical (unpaired) electrons. The van der Waals surface area contributed by atoms with Crippen molar-refractivity contribution in [3.8, 4) is 0 Å². The average Bonchev–Trinajstić information content (AvgIpc) is 3.11. The summed E-state index contributed by atoms with van der Waals surface area (Å²) >= 11 is 0. The number of carbonyl (C=O) groups is 2. The molecule has 1 aliphatic heterocycles. The summed E-state index contributed by atoms with van der Waals surface area (Å²) in [5.74, 6) is 0.332. The maximum atomic E-state index is 12.6. The number of benzene rings is 1. The largest absolute Gasteiger partial charge is 0.393 e. The number of nitrogens with one attached hydrogen (secondary N) is 1. The summed E-state index contributed by atoms with van der Waals surface area (Å²) < 4.78 is 0. The van der Waals surface area contributed by atoms with Crippen LogP contribution < -0.4 is 5.32 Å². The topological polar surface area (TPSA) is 69.6 Å². The fourth-order valence-corrected chi connectivity index (χ4v) is 4.02. The molecule has 3 atom stereocenters. The van der Waals surface area contributed by atoms with E-state index >= 15 is 0 Å². The van der Waals surface area contributed by atoms with Gasteiger partial charge in [0.15, 0.2) is 0 Å². The van der Waals surface area contributed by atoms with Gasteiger partial charge in [-0.05, 0) is 43.6 Å².